The molecule has 1 heterocycles. The van der Waals surface area contributed by atoms with Gasteiger partial charge in [0.1, 0.15) is 6.29 Å². The second-order valence-corrected chi connectivity index (χ2v) is 6.24. The Hall–Kier alpha value is -2.21. The van der Waals surface area contributed by atoms with Gasteiger partial charge >= 0.3 is 0 Å². The average Bonchev–Trinajstić information content (AvgIpc) is 2.85. The molecule has 2 aromatic rings. The van der Waals surface area contributed by atoms with E-state index in [0.717, 1.165) is 27.2 Å². The Kier molecular flexibility index (Phi) is 4.17. The highest BCUT2D eigenvalue weighted by molar-refractivity contribution is 9.10. The van der Waals surface area contributed by atoms with Crippen LogP contribution in [0.2, 0.25) is 0 Å². The van der Waals surface area contributed by atoms with Crippen molar-refractivity contribution in [3.8, 4) is 0 Å². The van der Waals surface area contributed by atoms with Crippen LogP contribution in [0.4, 0.5) is 5.69 Å². The molecular formula is C17H15BrN2O3. The summed E-state index contributed by atoms with van der Waals surface area (Å²) in [6, 6.07) is 8.57. The molecule has 0 aromatic heterocycles. The quantitative estimate of drug-likeness (QED) is 0.818. The lowest BCUT2D eigenvalue weighted by Crippen LogP contribution is -2.39. The predicted molar refractivity (Wildman–Crippen MR) is 91.6 cm³/mol. The summed E-state index contributed by atoms with van der Waals surface area (Å²) in [4.78, 5) is 37.2. The van der Waals surface area contributed by atoms with E-state index in [4.69, 9.17) is 0 Å². The third-order valence-electron chi connectivity index (χ3n) is 4.11. The predicted octanol–water partition coefficient (Wildman–Crippen LogP) is 2.66. The van der Waals surface area contributed by atoms with Crippen LogP contribution in [-0.2, 0) is 9.59 Å². The third kappa shape index (κ3) is 2.53. The number of rotatable bonds is 5. The molecule has 0 bridgehead atoms. The Morgan fingerprint density at radius 2 is 2.13 bits per heavy atom. The molecule has 23 heavy (non-hydrogen) atoms. The summed E-state index contributed by atoms with van der Waals surface area (Å²) in [7, 11) is 1.55. The summed E-state index contributed by atoms with van der Waals surface area (Å²) in [6.45, 7) is 0. The second-order valence-electron chi connectivity index (χ2n) is 5.39. The van der Waals surface area contributed by atoms with Gasteiger partial charge in [-0.2, -0.15) is 0 Å². The lowest BCUT2D eigenvalue weighted by atomic mass is 10.1. The number of nitrogens with zero attached hydrogens (tertiary/aromatic N) is 1. The molecule has 0 fully saturated rings. The Morgan fingerprint density at radius 1 is 1.35 bits per heavy atom. The monoisotopic (exact) mass is 374 g/mol. The van der Waals surface area contributed by atoms with Gasteiger partial charge in [-0.15, -0.1) is 0 Å². The van der Waals surface area contributed by atoms with Crippen molar-refractivity contribution in [2.75, 3.05) is 11.9 Å². The van der Waals surface area contributed by atoms with Crippen LogP contribution < -0.4 is 10.2 Å². The molecule has 3 rings (SSSR count). The van der Waals surface area contributed by atoms with Gasteiger partial charge in [0, 0.05) is 28.9 Å². The fourth-order valence-corrected chi connectivity index (χ4v) is 3.42. The molecule has 5 nitrogen and oxygen atoms in total. The van der Waals surface area contributed by atoms with Gasteiger partial charge in [0.05, 0.1) is 11.7 Å². The first-order valence-electron chi connectivity index (χ1n) is 7.29. The van der Waals surface area contributed by atoms with E-state index in [1.165, 1.54) is 4.90 Å². The molecular weight excluding hydrogens is 360 g/mol. The van der Waals surface area contributed by atoms with Gasteiger partial charge in [-0.3, -0.25) is 14.5 Å². The van der Waals surface area contributed by atoms with E-state index in [0.29, 0.717) is 12.0 Å². The molecule has 1 N–H and O–H groups in total. The molecule has 2 aromatic carbocycles. The second kappa shape index (κ2) is 6.12. The number of anilines is 1. The fraction of sp³-hybridized carbons (Fsp3) is 0.235. The first-order chi connectivity index (χ1) is 11.1. The van der Waals surface area contributed by atoms with Crippen molar-refractivity contribution in [3.05, 3.63) is 40.4 Å². The Balaban J connectivity index is 2.03. The van der Waals surface area contributed by atoms with E-state index < -0.39 is 6.04 Å². The molecule has 0 spiro atoms. The number of amides is 2. The molecule has 1 atom stereocenters. The Bertz CT molecular complexity index is 819. The van der Waals surface area contributed by atoms with Gasteiger partial charge in [0.15, 0.2) is 0 Å². The topological polar surface area (TPSA) is 66.5 Å². The standard InChI is InChI=1S/C17H15BrN2O3/c1-19-15(22)8-5-10(9-21)20-14-4-2-3-11-13(18)7-6-12(16(11)14)17(20)23/h2-4,6-7,9-10H,5,8H2,1H3,(H,19,22). The Morgan fingerprint density at radius 3 is 2.83 bits per heavy atom. The van der Waals surface area contributed by atoms with Crippen LogP contribution >= 0.6 is 15.9 Å². The highest BCUT2D eigenvalue weighted by Gasteiger charge is 2.35. The lowest BCUT2D eigenvalue weighted by Gasteiger charge is -2.24. The fourth-order valence-electron chi connectivity index (χ4n) is 2.96. The molecule has 118 valence electrons. The third-order valence-corrected chi connectivity index (χ3v) is 4.80. The SMILES string of the molecule is CNC(=O)CCC(C=O)N1C(=O)c2ccc(Br)c3cccc1c23. The molecule has 1 aliphatic rings. The number of hydrogen-bond donors (Lipinski definition) is 1. The molecule has 1 aliphatic heterocycles. The minimum absolute atomic E-state index is 0.151. The van der Waals surface area contributed by atoms with Crippen molar-refractivity contribution in [2.24, 2.45) is 0 Å². The van der Waals surface area contributed by atoms with E-state index in [2.05, 4.69) is 21.2 Å². The minimum Gasteiger partial charge on any atom is -0.359 e. The van der Waals surface area contributed by atoms with Crippen molar-refractivity contribution >= 4 is 50.5 Å². The van der Waals surface area contributed by atoms with Crippen LogP contribution in [0.3, 0.4) is 0 Å². The number of hydrogen-bond acceptors (Lipinski definition) is 3. The number of halogens is 1. The van der Waals surface area contributed by atoms with Gasteiger partial charge in [-0.25, -0.2) is 0 Å². The highest BCUT2D eigenvalue weighted by atomic mass is 79.9. The van der Waals surface area contributed by atoms with Crippen molar-refractivity contribution in [1.82, 2.24) is 5.32 Å². The number of carbonyl (C=O) groups excluding carboxylic acids is 3. The van der Waals surface area contributed by atoms with Crippen molar-refractivity contribution in [3.63, 3.8) is 0 Å². The van der Waals surface area contributed by atoms with E-state index in [9.17, 15) is 14.4 Å². The first kappa shape index (κ1) is 15.7. The number of nitrogens with one attached hydrogen (secondary N) is 1. The summed E-state index contributed by atoms with van der Waals surface area (Å²) in [5.74, 6) is -0.348. The highest BCUT2D eigenvalue weighted by Crippen LogP contribution is 2.41. The van der Waals surface area contributed by atoms with Gasteiger partial charge in [0.25, 0.3) is 5.91 Å². The zero-order valence-corrected chi connectivity index (χ0v) is 14.1. The summed E-state index contributed by atoms with van der Waals surface area (Å²) in [5.41, 5.74) is 1.31. The summed E-state index contributed by atoms with van der Waals surface area (Å²) >= 11 is 3.49. The molecule has 6 heteroatoms. The van der Waals surface area contributed by atoms with Crippen LogP contribution in [0, 0.1) is 0 Å². The van der Waals surface area contributed by atoms with Crippen LogP contribution in [-0.4, -0.2) is 31.2 Å². The number of benzene rings is 2. The molecule has 0 aliphatic carbocycles. The zero-order valence-electron chi connectivity index (χ0n) is 12.5. The van der Waals surface area contributed by atoms with Crippen LogP contribution in [0.15, 0.2) is 34.8 Å². The van der Waals surface area contributed by atoms with Crippen LogP contribution in [0.25, 0.3) is 10.8 Å². The van der Waals surface area contributed by atoms with E-state index in [-0.39, 0.29) is 18.2 Å². The minimum atomic E-state index is -0.656. The van der Waals surface area contributed by atoms with Gasteiger partial charge in [-0.05, 0) is 30.0 Å². The van der Waals surface area contributed by atoms with Crippen molar-refractivity contribution in [2.45, 2.75) is 18.9 Å². The molecule has 0 saturated carbocycles. The molecule has 1 unspecified atom stereocenters. The molecule has 0 saturated heterocycles. The van der Waals surface area contributed by atoms with Gasteiger partial charge in [-0.1, -0.05) is 28.1 Å². The van der Waals surface area contributed by atoms with Crippen molar-refractivity contribution < 1.29 is 14.4 Å². The largest absolute Gasteiger partial charge is 0.359 e. The molecule has 0 radical (unpaired) electrons. The van der Waals surface area contributed by atoms with E-state index in [1.807, 2.05) is 24.3 Å². The first-order valence-corrected chi connectivity index (χ1v) is 8.08. The van der Waals surface area contributed by atoms with Gasteiger partial charge in [0.2, 0.25) is 5.91 Å². The summed E-state index contributed by atoms with van der Waals surface area (Å²) < 4.78 is 0.903. The van der Waals surface area contributed by atoms with Crippen LogP contribution in [0.5, 0.6) is 0 Å². The number of aldehydes is 1. The maximum absolute atomic E-state index is 12.8. The van der Waals surface area contributed by atoms with E-state index in [1.54, 1.807) is 13.1 Å². The zero-order chi connectivity index (χ0) is 16.6. The maximum Gasteiger partial charge on any atom is 0.259 e. The number of carbonyl (C=O) groups is 3. The summed E-state index contributed by atoms with van der Waals surface area (Å²) in [5, 5.41) is 4.31. The average molecular weight is 375 g/mol. The Labute approximate surface area is 141 Å². The van der Waals surface area contributed by atoms with Gasteiger partial charge < -0.3 is 10.1 Å². The van der Waals surface area contributed by atoms with Crippen LogP contribution in [0.1, 0.15) is 23.2 Å². The lowest BCUT2D eigenvalue weighted by molar-refractivity contribution is -0.120. The van der Waals surface area contributed by atoms with E-state index >= 15 is 0 Å². The smallest absolute Gasteiger partial charge is 0.259 e. The summed E-state index contributed by atoms with van der Waals surface area (Å²) in [6.07, 6.45) is 1.22. The maximum atomic E-state index is 12.8. The van der Waals surface area contributed by atoms with Crippen molar-refractivity contribution in [1.29, 1.82) is 0 Å². The normalized spacial score (nSPS) is 14.2. The molecule has 2 amide bonds.